The van der Waals surface area contributed by atoms with Crippen LogP contribution < -0.4 is 21.3 Å². The molecule has 16 nitrogen and oxygen atoms in total. The zero-order chi connectivity index (χ0) is 51.6. The summed E-state index contributed by atoms with van der Waals surface area (Å²) in [5.41, 5.74) is 1.52. The Labute approximate surface area is 398 Å². The van der Waals surface area contributed by atoms with Gasteiger partial charge in [0, 0.05) is 36.6 Å². The smallest absolute Gasteiger partial charge is 0.434 e. The van der Waals surface area contributed by atoms with Crippen molar-refractivity contribution in [2.24, 2.45) is 10.8 Å². The van der Waals surface area contributed by atoms with Gasteiger partial charge < -0.3 is 31.5 Å². The number of benzene rings is 2. The Kier molecular flexibility index (Phi) is 16.8. The number of alkyl halides is 6. The second-order valence-corrected chi connectivity index (χ2v) is 18.1. The summed E-state index contributed by atoms with van der Waals surface area (Å²) in [6.07, 6.45) is -2.40. The molecule has 6 N–H and O–H groups in total. The second-order valence-electron chi connectivity index (χ2n) is 18.1. The lowest BCUT2D eigenvalue weighted by atomic mass is 9.82. The number of aliphatic carboxylic acids is 2. The number of nitrogens with one attached hydrogen (secondary N) is 4. The third-order valence-electron chi connectivity index (χ3n) is 10.4. The number of carboxylic acid groups (broad SMARTS) is 2. The number of aromatic nitrogens is 6. The Bertz CT molecular complexity index is 2520. The number of hydrogen-bond acceptors (Lipinski definition) is 10. The van der Waals surface area contributed by atoms with Crippen molar-refractivity contribution in [3.8, 4) is 11.6 Å². The predicted octanol–water partition coefficient (Wildman–Crippen LogP) is 9.38. The number of hydrogen-bond donors (Lipinski definition) is 6. The van der Waals surface area contributed by atoms with Crippen molar-refractivity contribution in [1.82, 2.24) is 39.7 Å². The van der Waals surface area contributed by atoms with E-state index in [9.17, 15) is 45.5 Å². The third kappa shape index (κ3) is 15.1. The maximum absolute atomic E-state index is 12.8. The number of halogens is 6. The predicted molar refractivity (Wildman–Crippen MR) is 246 cm³/mol. The highest BCUT2D eigenvalue weighted by molar-refractivity contribution is 5.95. The number of amides is 2. The van der Waals surface area contributed by atoms with Gasteiger partial charge >= 0.3 is 24.3 Å². The van der Waals surface area contributed by atoms with Crippen LogP contribution in [0.5, 0.6) is 0 Å². The summed E-state index contributed by atoms with van der Waals surface area (Å²) in [7, 11) is 0. The third-order valence-corrected chi connectivity index (χ3v) is 10.4. The Hall–Kier alpha value is -7.78. The first-order chi connectivity index (χ1) is 32.7. The van der Waals surface area contributed by atoms with E-state index in [0.29, 0.717) is 34.1 Å². The molecule has 372 valence electrons. The molecule has 0 bridgehead atoms. The molecule has 0 aliphatic heterocycles. The Balaban J connectivity index is 0.000000261. The first kappa shape index (κ1) is 53.2. The van der Waals surface area contributed by atoms with Crippen LogP contribution in [0.25, 0.3) is 11.6 Å². The van der Waals surface area contributed by atoms with Gasteiger partial charge in [0.1, 0.15) is 24.3 Å². The van der Waals surface area contributed by atoms with Crippen molar-refractivity contribution in [3.05, 3.63) is 144 Å². The zero-order valence-electron chi connectivity index (χ0n) is 38.9. The summed E-state index contributed by atoms with van der Waals surface area (Å²) in [5.74, 6) is -2.10. The van der Waals surface area contributed by atoms with Gasteiger partial charge in [0.25, 0.3) is 11.8 Å². The van der Waals surface area contributed by atoms with Gasteiger partial charge in [-0.25, -0.2) is 19.9 Å². The van der Waals surface area contributed by atoms with Crippen molar-refractivity contribution in [3.63, 3.8) is 0 Å². The number of rotatable bonds is 16. The van der Waals surface area contributed by atoms with Gasteiger partial charge in [-0.3, -0.25) is 28.3 Å². The Morgan fingerprint density at radius 1 is 0.529 bits per heavy atom. The van der Waals surface area contributed by atoms with E-state index in [-0.39, 0.29) is 60.7 Å². The van der Waals surface area contributed by atoms with E-state index in [2.05, 4.69) is 41.2 Å². The van der Waals surface area contributed by atoms with Gasteiger partial charge in [0.15, 0.2) is 11.4 Å². The fraction of sp³-hybridized carbons (Fsp3) is 0.333. The topological polar surface area (TPSA) is 218 Å². The molecule has 0 saturated carbocycles. The standard InChI is InChI=1S/2C24H26F3N5O3/c2*1-23(2,3)21(15-4-6-16(7-5-15)22(35)28-11-10-20(33)34)31-17-8-9-19(29-12-17)32-13-18(30-14-32)24(25,26)27/h2*4-9,12-14,21,31H,10-11H2,1-3H3,(H,28,35)(H,33,34)/t2*21-/m10/s1. The van der Waals surface area contributed by atoms with Crippen molar-refractivity contribution < 1.29 is 55.7 Å². The minimum atomic E-state index is -4.53. The lowest BCUT2D eigenvalue weighted by molar-refractivity contribution is -0.141. The summed E-state index contributed by atoms with van der Waals surface area (Å²) < 4.78 is 79.2. The van der Waals surface area contributed by atoms with Crippen LogP contribution >= 0.6 is 0 Å². The summed E-state index contributed by atoms with van der Waals surface area (Å²) in [6.45, 7) is 12.4. The van der Waals surface area contributed by atoms with Gasteiger partial charge in [0.2, 0.25) is 0 Å². The molecule has 0 saturated heterocycles. The number of imidazole rings is 2. The van der Waals surface area contributed by atoms with Gasteiger partial charge in [-0.2, -0.15) is 26.3 Å². The highest BCUT2D eigenvalue weighted by atomic mass is 19.4. The molecule has 0 unspecified atom stereocenters. The monoisotopic (exact) mass is 978 g/mol. The van der Waals surface area contributed by atoms with Crippen molar-refractivity contribution in [2.75, 3.05) is 23.7 Å². The minimum Gasteiger partial charge on any atom is -0.481 e. The molecule has 4 aromatic heterocycles. The van der Waals surface area contributed by atoms with Gasteiger partial charge in [-0.05, 0) is 70.5 Å². The quantitative estimate of drug-likeness (QED) is 0.0500. The Morgan fingerprint density at radius 3 is 1.13 bits per heavy atom. The van der Waals surface area contributed by atoms with Gasteiger partial charge in [-0.15, -0.1) is 0 Å². The van der Waals surface area contributed by atoms with Crippen LogP contribution in [0.2, 0.25) is 0 Å². The molecule has 6 aromatic rings. The molecule has 6 rings (SSSR count). The summed E-state index contributed by atoms with van der Waals surface area (Å²) in [4.78, 5) is 60.9. The average Bonchev–Trinajstić information content (AvgIpc) is 4.00. The highest BCUT2D eigenvalue weighted by Gasteiger charge is 2.35. The molecule has 22 heteroatoms. The molecule has 0 aliphatic carbocycles. The zero-order valence-corrected chi connectivity index (χ0v) is 38.9. The molecule has 0 fully saturated rings. The molecule has 4 heterocycles. The van der Waals surface area contributed by atoms with E-state index in [1.54, 1.807) is 48.5 Å². The van der Waals surface area contributed by atoms with Gasteiger partial charge in [0.05, 0.1) is 48.7 Å². The van der Waals surface area contributed by atoms with Crippen LogP contribution in [0.1, 0.15) is 110 Å². The van der Waals surface area contributed by atoms with E-state index in [0.717, 1.165) is 36.2 Å². The number of carbonyl (C=O) groups is 4. The SMILES string of the molecule is CC(C)(C)[C@@H](Nc1ccc(-n2cnc(C(F)(F)F)c2)nc1)c1ccc(C(=O)NCCC(=O)O)cc1.CC(C)(C)[C@H](Nc1ccc(-n2cnc(C(F)(F)F)c2)nc1)c1ccc(C(=O)NCCC(=O)O)cc1. The molecule has 70 heavy (non-hydrogen) atoms. The maximum atomic E-state index is 12.8. The fourth-order valence-electron chi connectivity index (χ4n) is 6.79. The van der Waals surface area contributed by atoms with Crippen LogP contribution in [0, 0.1) is 10.8 Å². The number of carboxylic acids is 2. The van der Waals surface area contributed by atoms with Crippen molar-refractivity contribution in [1.29, 1.82) is 0 Å². The lowest BCUT2D eigenvalue weighted by Gasteiger charge is -2.33. The summed E-state index contributed by atoms with van der Waals surface area (Å²) in [5, 5.41) is 29.3. The maximum Gasteiger partial charge on any atom is 0.434 e. The normalized spacial score (nSPS) is 12.7. The first-order valence-electron chi connectivity index (χ1n) is 21.6. The molecule has 2 atom stereocenters. The Morgan fingerprint density at radius 2 is 0.871 bits per heavy atom. The van der Waals surface area contributed by atoms with Crippen LogP contribution in [-0.4, -0.2) is 76.1 Å². The van der Waals surface area contributed by atoms with E-state index >= 15 is 0 Å². The van der Waals surface area contributed by atoms with E-state index in [1.165, 1.54) is 21.5 Å². The lowest BCUT2D eigenvalue weighted by Crippen LogP contribution is -2.27. The van der Waals surface area contributed by atoms with Crippen molar-refractivity contribution in [2.45, 2.75) is 78.8 Å². The van der Waals surface area contributed by atoms with E-state index < -0.39 is 35.7 Å². The number of nitrogens with zero attached hydrogens (tertiary/aromatic N) is 6. The molecule has 0 radical (unpaired) electrons. The summed E-state index contributed by atoms with van der Waals surface area (Å²) >= 11 is 0. The highest BCUT2D eigenvalue weighted by Crippen LogP contribution is 2.38. The van der Waals surface area contributed by atoms with E-state index in [1.807, 2.05) is 65.8 Å². The molecule has 2 aromatic carbocycles. The largest absolute Gasteiger partial charge is 0.481 e. The van der Waals surface area contributed by atoms with Crippen LogP contribution in [-0.2, 0) is 21.9 Å². The second kappa shape index (κ2) is 22.1. The van der Waals surface area contributed by atoms with Crippen molar-refractivity contribution >= 4 is 35.1 Å². The summed E-state index contributed by atoms with van der Waals surface area (Å²) in [6, 6.07) is 20.2. The fourth-order valence-corrected chi connectivity index (χ4v) is 6.79. The van der Waals surface area contributed by atoms with Crippen LogP contribution in [0.15, 0.2) is 110 Å². The number of anilines is 2. The van der Waals surface area contributed by atoms with Gasteiger partial charge in [-0.1, -0.05) is 65.8 Å². The first-order valence-corrected chi connectivity index (χ1v) is 21.6. The van der Waals surface area contributed by atoms with E-state index in [4.69, 9.17) is 10.2 Å². The molecular formula is C48H52F6N10O6. The number of carbonyl (C=O) groups excluding carboxylic acids is 2. The average molecular weight is 979 g/mol. The molecule has 0 spiro atoms. The molecular weight excluding hydrogens is 927 g/mol. The van der Waals surface area contributed by atoms with Crippen LogP contribution in [0.4, 0.5) is 37.7 Å². The minimum absolute atomic E-state index is 0.0433. The number of pyridine rings is 2. The molecule has 0 aliphatic rings. The molecule has 2 amide bonds. The van der Waals surface area contributed by atoms with Crippen LogP contribution in [0.3, 0.4) is 0 Å².